The zero-order chi connectivity index (χ0) is 16.5. The van der Waals surface area contributed by atoms with Crippen LogP contribution in [0.4, 0.5) is 0 Å². The second-order valence-corrected chi connectivity index (χ2v) is 5.99. The Balaban J connectivity index is 1.72. The summed E-state index contributed by atoms with van der Waals surface area (Å²) in [5.41, 5.74) is 4.59. The molecule has 0 fully saturated rings. The molecule has 3 nitrogen and oxygen atoms in total. The third-order valence-electron chi connectivity index (χ3n) is 3.75. The minimum absolute atomic E-state index is 0.173. The van der Waals surface area contributed by atoms with E-state index < -0.39 is 0 Å². The SMILES string of the molecule is C/C(=C\C(=O)C/C(C)=C/CCc1ccoc1)CCc1ccoc1. The van der Waals surface area contributed by atoms with Crippen molar-refractivity contribution in [2.75, 3.05) is 0 Å². The van der Waals surface area contributed by atoms with E-state index in [1.165, 1.54) is 11.1 Å². The summed E-state index contributed by atoms with van der Waals surface area (Å²) < 4.78 is 10.1. The van der Waals surface area contributed by atoms with Crippen LogP contribution in [0.25, 0.3) is 0 Å². The first-order valence-electron chi connectivity index (χ1n) is 8.01. The summed E-state index contributed by atoms with van der Waals surface area (Å²) in [4.78, 5) is 12.1. The van der Waals surface area contributed by atoms with Gasteiger partial charge in [0.25, 0.3) is 0 Å². The molecule has 2 aromatic heterocycles. The Labute approximate surface area is 137 Å². The van der Waals surface area contributed by atoms with Gasteiger partial charge in [0.15, 0.2) is 5.78 Å². The van der Waals surface area contributed by atoms with Gasteiger partial charge in [-0.05, 0) is 68.9 Å². The summed E-state index contributed by atoms with van der Waals surface area (Å²) in [7, 11) is 0. The number of carbonyl (C=O) groups is 1. The summed E-state index contributed by atoms with van der Waals surface area (Å²) in [6.45, 7) is 4.03. The Hall–Kier alpha value is -2.29. The van der Waals surface area contributed by atoms with Crippen molar-refractivity contribution in [3.63, 3.8) is 0 Å². The van der Waals surface area contributed by atoms with Gasteiger partial charge in [-0.25, -0.2) is 0 Å². The summed E-state index contributed by atoms with van der Waals surface area (Å²) >= 11 is 0. The summed E-state index contributed by atoms with van der Waals surface area (Å²) in [5.74, 6) is 0.173. The fraction of sp³-hybridized carbons (Fsp3) is 0.350. The lowest BCUT2D eigenvalue weighted by atomic mass is 10.0. The predicted octanol–water partition coefficient (Wildman–Crippen LogP) is 5.29. The zero-order valence-electron chi connectivity index (χ0n) is 13.9. The first-order chi connectivity index (χ1) is 11.1. The molecule has 2 rings (SSSR count). The number of ketones is 1. The Morgan fingerprint density at radius 3 is 2.26 bits per heavy atom. The van der Waals surface area contributed by atoms with Gasteiger partial charge in [-0.15, -0.1) is 0 Å². The van der Waals surface area contributed by atoms with Crippen LogP contribution < -0.4 is 0 Å². The molecule has 0 atom stereocenters. The molecule has 0 N–H and O–H groups in total. The van der Waals surface area contributed by atoms with Gasteiger partial charge in [0.1, 0.15) is 0 Å². The van der Waals surface area contributed by atoms with Crippen LogP contribution >= 0.6 is 0 Å². The van der Waals surface area contributed by atoms with E-state index in [2.05, 4.69) is 6.08 Å². The van der Waals surface area contributed by atoms with Crippen LogP contribution in [0.15, 0.2) is 69.3 Å². The highest BCUT2D eigenvalue weighted by atomic mass is 16.3. The largest absolute Gasteiger partial charge is 0.472 e. The van der Waals surface area contributed by atoms with Gasteiger partial charge in [0.2, 0.25) is 0 Å². The van der Waals surface area contributed by atoms with Crippen LogP contribution in [0.5, 0.6) is 0 Å². The number of allylic oxidation sites excluding steroid dienone is 4. The molecule has 0 saturated heterocycles. The van der Waals surface area contributed by atoms with Gasteiger partial charge in [-0.3, -0.25) is 4.79 Å². The van der Waals surface area contributed by atoms with Crippen LogP contribution in [0, 0.1) is 0 Å². The number of carbonyl (C=O) groups excluding carboxylic acids is 1. The van der Waals surface area contributed by atoms with Crippen molar-refractivity contribution < 1.29 is 13.6 Å². The normalized spacial score (nSPS) is 12.6. The number of aryl methyl sites for hydroxylation is 2. The van der Waals surface area contributed by atoms with E-state index in [4.69, 9.17) is 8.83 Å². The lowest BCUT2D eigenvalue weighted by Crippen LogP contribution is -1.96. The molecule has 0 unspecified atom stereocenters. The maximum atomic E-state index is 12.1. The van der Waals surface area contributed by atoms with Crippen molar-refractivity contribution in [2.24, 2.45) is 0 Å². The Morgan fingerprint density at radius 2 is 1.65 bits per heavy atom. The van der Waals surface area contributed by atoms with Gasteiger partial charge in [0, 0.05) is 6.42 Å². The third-order valence-corrected chi connectivity index (χ3v) is 3.75. The second-order valence-electron chi connectivity index (χ2n) is 5.99. The van der Waals surface area contributed by atoms with Gasteiger partial charge in [-0.2, -0.15) is 0 Å². The predicted molar refractivity (Wildman–Crippen MR) is 91.2 cm³/mol. The number of hydrogen-bond acceptors (Lipinski definition) is 3. The van der Waals surface area contributed by atoms with E-state index in [0.717, 1.165) is 36.8 Å². The van der Waals surface area contributed by atoms with E-state index in [0.29, 0.717) is 6.42 Å². The quantitative estimate of drug-likeness (QED) is 0.467. The second kappa shape index (κ2) is 8.99. The Morgan fingerprint density at radius 1 is 1.00 bits per heavy atom. The molecule has 0 aliphatic carbocycles. The molecule has 0 saturated carbocycles. The molecule has 0 amide bonds. The molecule has 0 spiro atoms. The number of furan rings is 2. The van der Waals surface area contributed by atoms with Crippen molar-refractivity contribution in [2.45, 2.75) is 46.0 Å². The molecule has 2 aromatic rings. The number of hydrogen-bond donors (Lipinski definition) is 0. The summed E-state index contributed by atoms with van der Waals surface area (Å²) in [6, 6.07) is 3.93. The average molecular weight is 312 g/mol. The van der Waals surface area contributed by atoms with Crippen LogP contribution in [0.1, 0.15) is 44.2 Å². The first-order valence-corrected chi connectivity index (χ1v) is 8.01. The minimum atomic E-state index is 0.173. The molecule has 0 aliphatic heterocycles. The Kier molecular flexibility index (Phi) is 6.67. The van der Waals surface area contributed by atoms with Crippen LogP contribution in [0.2, 0.25) is 0 Å². The molecule has 0 radical (unpaired) electrons. The molecule has 23 heavy (non-hydrogen) atoms. The molecule has 122 valence electrons. The van der Waals surface area contributed by atoms with E-state index in [1.54, 1.807) is 31.1 Å². The molecule has 2 heterocycles. The van der Waals surface area contributed by atoms with Crippen molar-refractivity contribution in [3.8, 4) is 0 Å². The smallest absolute Gasteiger partial charge is 0.159 e. The van der Waals surface area contributed by atoms with E-state index in [1.807, 2.05) is 26.0 Å². The van der Waals surface area contributed by atoms with Gasteiger partial charge >= 0.3 is 0 Å². The maximum Gasteiger partial charge on any atom is 0.159 e. The highest BCUT2D eigenvalue weighted by Gasteiger charge is 2.02. The molecule has 0 aliphatic rings. The van der Waals surface area contributed by atoms with Gasteiger partial charge in [0.05, 0.1) is 25.1 Å². The van der Waals surface area contributed by atoms with Gasteiger partial charge < -0.3 is 8.83 Å². The van der Waals surface area contributed by atoms with E-state index in [-0.39, 0.29) is 5.78 Å². The first kappa shape index (κ1) is 17.1. The Bertz CT molecular complexity index is 643. The van der Waals surface area contributed by atoms with Crippen LogP contribution in [0.3, 0.4) is 0 Å². The topological polar surface area (TPSA) is 43.4 Å². The fourth-order valence-electron chi connectivity index (χ4n) is 2.44. The fourth-order valence-corrected chi connectivity index (χ4v) is 2.44. The monoisotopic (exact) mass is 312 g/mol. The molecule has 3 heteroatoms. The summed E-state index contributed by atoms with van der Waals surface area (Å²) in [6.07, 6.45) is 15.0. The highest BCUT2D eigenvalue weighted by molar-refractivity contribution is 5.91. The highest BCUT2D eigenvalue weighted by Crippen LogP contribution is 2.12. The van der Waals surface area contributed by atoms with Crippen LogP contribution in [-0.2, 0) is 17.6 Å². The van der Waals surface area contributed by atoms with Crippen molar-refractivity contribution in [1.82, 2.24) is 0 Å². The number of rotatable bonds is 9. The van der Waals surface area contributed by atoms with Crippen molar-refractivity contribution in [3.05, 3.63) is 71.6 Å². The lowest BCUT2D eigenvalue weighted by Gasteiger charge is -2.01. The molecular formula is C20H24O3. The maximum absolute atomic E-state index is 12.1. The molecular weight excluding hydrogens is 288 g/mol. The van der Waals surface area contributed by atoms with Crippen LogP contribution in [-0.4, -0.2) is 5.78 Å². The standard InChI is InChI=1S/C20H24O3/c1-16(4-3-5-18-8-10-22-14-18)12-20(21)13-17(2)6-7-19-9-11-23-15-19/h4,8-11,13-15H,3,5-7,12H2,1-2H3/b16-4+,17-13+. The van der Waals surface area contributed by atoms with E-state index >= 15 is 0 Å². The van der Waals surface area contributed by atoms with E-state index in [9.17, 15) is 4.79 Å². The summed E-state index contributed by atoms with van der Waals surface area (Å²) in [5, 5.41) is 0. The average Bonchev–Trinajstić information content (AvgIpc) is 3.18. The van der Waals surface area contributed by atoms with Crippen molar-refractivity contribution >= 4 is 5.78 Å². The minimum Gasteiger partial charge on any atom is -0.472 e. The van der Waals surface area contributed by atoms with Crippen molar-refractivity contribution in [1.29, 1.82) is 0 Å². The third kappa shape index (κ3) is 6.55. The molecule has 0 bridgehead atoms. The lowest BCUT2D eigenvalue weighted by molar-refractivity contribution is -0.114. The van der Waals surface area contributed by atoms with Gasteiger partial charge in [-0.1, -0.05) is 17.2 Å². The zero-order valence-corrected chi connectivity index (χ0v) is 13.9. The molecule has 0 aromatic carbocycles.